The van der Waals surface area contributed by atoms with Crippen LogP contribution in [0.3, 0.4) is 0 Å². The summed E-state index contributed by atoms with van der Waals surface area (Å²) in [6, 6.07) is -0.00667. The number of hydrazine groups is 1. The predicted molar refractivity (Wildman–Crippen MR) is 75.6 cm³/mol. The lowest BCUT2D eigenvalue weighted by Gasteiger charge is -2.46. The lowest BCUT2D eigenvalue weighted by atomic mass is 9.68. The molecule has 7 nitrogen and oxygen atoms in total. The molecule has 1 unspecified atom stereocenters. The molecule has 0 aromatic carbocycles. The number of nitrogens with one attached hydrogen (secondary N) is 1. The van der Waals surface area contributed by atoms with Crippen molar-refractivity contribution in [1.29, 1.82) is 0 Å². The quantitative estimate of drug-likeness (QED) is 0.606. The summed E-state index contributed by atoms with van der Waals surface area (Å²) < 4.78 is 5.88. The molecule has 1 fully saturated rings. The standard InChI is InChI=1S/C13H26N6O/c1-12(2)5-7-13(20-4,8-6-12)10(15-14)9-11-16-18-19(3)17-11/h10,15H,5-9,14H2,1-4H3. The SMILES string of the molecule is COC1(C(Cc2nnn(C)n2)NN)CCC(C)(C)CC1. The van der Waals surface area contributed by atoms with Crippen molar-refractivity contribution in [2.45, 2.75) is 57.6 Å². The van der Waals surface area contributed by atoms with E-state index in [1.165, 1.54) is 4.80 Å². The van der Waals surface area contributed by atoms with Gasteiger partial charge in [0, 0.05) is 13.5 Å². The number of ether oxygens (including phenoxy) is 1. The Balaban J connectivity index is 2.11. The number of nitrogens with two attached hydrogens (primary N) is 1. The van der Waals surface area contributed by atoms with E-state index in [0.29, 0.717) is 17.7 Å². The van der Waals surface area contributed by atoms with Crippen LogP contribution in [-0.2, 0) is 18.2 Å². The van der Waals surface area contributed by atoms with Crippen molar-refractivity contribution in [3.8, 4) is 0 Å². The molecular formula is C13H26N6O. The van der Waals surface area contributed by atoms with Crippen molar-refractivity contribution in [2.75, 3.05) is 7.11 Å². The van der Waals surface area contributed by atoms with Gasteiger partial charge < -0.3 is 4.74 Å². The molecule has 0 spiro atoms. The summed E-state index contributed by atoms with van der Waals surface area (Å²) in [4.78, 5) is 1.46. The summed E-state index contributed by atoms with van der Waals surface area (Å²) in [6.45, 7) is 4.61. The maximum Gasteiger partial charge on any atom is 0.176 e. The van der Waals surface area contributed by atoms with Crippen molar-refractivity contribution in [3.63, 3.8) is 0 Å². The second-order valence-corrected chi connectivity index (χ2v) is 6.55. The van der Waals surface area contributed by atoms with Gasteiger partial charge in [-0.05, 0) is 36.3 Å². The molecule has 0 radical (unpaired) electrons. The minimum Gasteiger partial charge on any atom is -0.377 e. The topological polar surface area (TPSA) is 90.9 Å². The number of methoxy groups -OCH3 is 1. The number of nitrogens with zero attached hydrogens (tertiary/aromatic N) is 4. The Morgan fingerprint density at radius 3 is 2.45 bits per heavy atom. The minimum atomic E-state index is -0.247. The largest absolute Gasteiger partial charge is 0.377 e. The van der Waals surface area contributed by atoms with E-state index in [1.54, 1.807) is 14.2 Å². The van der Waals surface area contributed by atoms with Gasteiger partial charge in [-0.3, -0.25) is 11.3 Å². The van der Waals surface area contributed by atoms with Crippen molar-refractivity contribution in [2.24, 2.45) is 18.3 Å². The fourth-order valence-electron chi connectivity index (χ4n) is 3.03. The van der Waals surface area contributed by atoms with Gasteiger partial charge in [0.15, 0.2) is 5.82 Å². The Bertz CT molecular complexity index is 434. The first-order chi connectivity index (χ1) is 9.41. The predicted octanol–water partition coefficient (Wildman–Crippen LogP) is 0.570. The first-order valence-electron chi connectivity index (χ1n) is 7.15. The van der Waals surface area contributed by atoms with E-state index >= 15 is 0 Å². The molecule has 1 aromatic rings. The van der Waals surface area contributed by atoms with E-state index in [9.17, 15) is 0 Å². The molecule has 7 heteroatoms. The van der Waals surface area contributed by atoms with Gasteiger partial charge >= 0.3 is 0 Å². The summed E-state index contributed by atoms with van der Waals surface area (Å²) in [6.07, 6.45) is 4.87. The molecule has 1 saturated carbocycles. The average molecular weight is 282 g/mol. The van der Waals surface area contributed by atoms with Crippen LogP contribution in [0.25, 0.3) is 0 Å². The number of aryl methyl sites for hydroxylation is 1. The third-order valence-corrected chi connectivity index (χ3v) is 4.63. The molecule has 20 heavy (non-hydrogen) atoms. The van der Waals surface area contributed by atoms with Crippen LogP contribution in [0.5, 0.6) is 0 Å². The summed E-state index contributed by atoms with van der Waals surface area (Å²) >= 11 is 0. The summed E-state index contributed by atoms with van der Waals surface area (Å²) in [5.74, 6) is 6.47. The fraction of sp³-hybridized carbons (Fsp3) is 0.923. The third-order valence-electron chi connectivity index (χ3n) is 4.63. The minimum absolute atomic E-state index is 0.00667. The van der Waals surface area contributed by atoms with E-state index in [4.69, 9.17) is 10.6 Å². The number of hydrogen-bond acceptors (Lipinski definition) is 6. The van der Waals surface area contributed by atoms with Crippen molar-refractivity contribution >= 4 is 0 Å². The molecule has 1 heterocycles. The first kappa shape index (κ1) is 15.3. The van der Waals surface area contributed by atoms with Gasteiger partial charge in [0.1, 0.15) is 0 Å². The van der Waals surface area contributed by atoms with Gasteiger partial charge in [-0.1, -0.05) is 13.8 Å². The Morgan fingerprint density at radius 1 is 1.35 bits per heavy atom. The third kappa shape index (κ3) is 3.16. The van der Waals surface area contributed by atoms with Crippen LogP contribution in [0, 0.1) is 5.41 Å². The smallest absolute Gasteiger partial charge is 0.176 e. The molecule has 3 N–H and O–H groups in total. The van der Waals surface area contributed by atoms with E-state index < -0.39 is 0 Å². The first-order valence-corrected chi connectivity index (χ1v) is 7.15. The van der Waals surface area contributed by atoms with Crippen molar-refractivity contribution in [1.82, 2.24) is 25.6 Å². The molecule has 1 aromatic heterocycles. The van der Waals surface area contributed by atoms with Gasteiger partial charge in [0.2, 0.25) is 0 Å². The van der Waals surface area contributed by atoms with Crippen LogP contribution < -0.4 is 11.3 Å². The zero-order valence-electron chi connectivity index (χ0n) is 12.9. The van der Waals surface area contributed by atoms with E-state index in [2.05, 4.69) is 34.7 Å². The normalized spacial score (nSPS) is 22.6. The van der Waals surface area contributed by atoms with Crippen LogP contribution in [0.2, 0.25) is 0 Å². The monoisotopic (exact) mass is 282 g/mol. The second-order valence-electron chi connectivity index (χ2n) is 6.55. The Hall–Kier alpha value is -1.05. The molecule has 1 atom stereocenters. The zero-order valence-corrected chi connectivity index (χ0v) is 12.9. The van der Waals surface area contributed by atoms with E-state index in [0.717, 1.165) is 25.7 Å². The summed E-state index contributed by atoms with van der Waals surface area (Å²) in [7, 11) is 3.53. The zero-order chi connectivity index (χ0) is 14.8. The van der Waals surface area contributed by atoms with E-state index in [1.807, 2.05) is 0 Å². The van der Waals surface area contributed by atoms with Crippen molar-refractivity contribution < 1.29 is 4.74 Å². The number of aromatic nitrogens is 4. The van der Waals surface area contributed by atoms with Crippen molar-refractivity contribution in [3.05, 3.63) is 5.82 Å². The molecular weight excluding hydrogens is 256 g/mol. The average Bonchev–Trinajstić information content (AvgIpc) is 2.83. The highest BCUT2D eigenvalue weighted by Crippen LogP contribution is 2.43. The molecule has 2 rings (SSSR count). The lowest BCUT2D eigenvalue weighted by molar-refractivity contribution is -0.0865. The molecule has 1 aliphatic carbocycles. The van der Waals surface area contributed by atoms with Gasteiger partial charge in [0.05, 0.1) is 18.7 Å². The number of rotatable bonds is 5. The maximum atomic E-state index is 5.88. The highest BCUT2D eigenvalue weighted by molar-refractivity contribution is 5.01. The molecule has 0 bridgehead atoms. The molecule has 0 aliphatic heterocycles. The Labute approximate surface area is 120 Å². The summed E-state index contributed by atoms with van der Waals surface area (Å²) in [5, 5.41) is 12.1. The van der Waals surface area contributed by atoms with Crippen LogP contribution in [0.4, 0.5) is 0 Å². The van der Waals surface area contributed by atoms with Gasteiger partial charge in [0.25, 0.3) is 0 Å². The molecule has 1 aliphatic rings. The van der Waals surface area contributed by atoms with Crippen LogP contribution >= 0.6 is 0 Å². The highest BCUT2D eigenvalue weighted by atomic mass is 16.5. The second kappa shape index (κ2) is 5.75. The molecule has 0 amide bonds. The highest BCUT2D eigenvalue weighted by Gasteiger charge is 2.44. The Morgan fingerprint density at radius 2 is 2.00 bits per heavy atom. The lowest BCUT2D eigenvalue weighted by Crippen LogP contribution is -2.57. The number of tetrazole rings is 1. The number of hydrogen-bond donors (Lipinski definition) is 2. The molecule has 0 saturated heterocycles. The summed E-state index contributed by atoms with van der Waals surface area (Å²) in [5.41, 5.74) is 3.04. The fourth-order valence-corrected chi connectivity index (χ4v) is 3.03. The maximum absolute atomic E-state index is 5.88. The molecule has 114 valence electrons. The Kier molecular flexibility index (Phi) is 4.41. The van der Waals surface area contributed by atoms with Crippen LogP contribution in [0.15, 0.2) is 0 Å². The van der Waals surface area contributed by atoms with Gasteiger partial charge in [-0.2, -0.15) is 4.80 Å². The van der Waals surface area contributed by atoms with Gasteiger partial charge in [-0.25, -0.2) is 0 Å². The van der Waals surface area contributed by atoms with E-state index in [-0.39, 0.29) is 11.6 Å². The van der Waals surface area contributed by atoms with Crippen LogP contribution in [-0.4, -0.2) is 39.0 Å². The van der Waals surface area contributed by atoms with Gasteiger partial charge in [-0.15, -0.1) is 10.2 Å². The van der Waals surface area contributed by atoms with Crippen LogP contribution in [0.1, 0.15) is 45.4 Å².